The predicted molar refractivity (Wildman–Crippen MR) is 102 cm³/mol. The van der Waals surface area contributed by atoms with Crippen LogP contribution in [0.3, 0.4) is 0 Å². The van der Waals surface area contributed by atoms with E-state index in [9.17, 15) is 19.5 Å². The Morgan fingerprint density at radius 1 is 1.14 bits per heavy atom. The quantitative estimate of drug-likeness (QED) is 0.568. The summed E-state index contributed by atoms with van der Waals surface area (Å²) in [5.41, 5.74) is 0.0256. The molecule has 0 fully saturated rings. The molecule has 29 heavy (non-hydrogen) atoms. The third-order valence-electron chi connectivity index (χ3n) is 4.39. The number of ether oxygens (including phenoxy) is 4. The van der Waals surface area contributed by atoms with Crippen molar-refractivity contribution in [2.75, 3.05) is 20.8 Å². The molecule has 9 nitrogen and oxygen atoms in total. The first-order valence-electron chi connectivity index (χ1n) is 8.81. The molecule has 0 aliphatic carbocycles. The summed E-state index contributed by atoms with van der Waals surface area (Å²) in [6.07, 6.45) is 0.460. The molecule has 1 unspecified atom stereocenters. The minimum absolute atomic E-state index is 0.0664. The molecule has 1 aliphatic heterocycles. The number of carboxylic acids is 1. The van der Waals surface area contributed by atoms with E-state index in [1.165, 1.54) is 46.3 Å². The molecule has 1 aromatic carbocycles. The van der Waals surface area contributed by atoms with Gasteiger partial charge in [-0.3, -0.25) is 4.90 Å². The lowest BCUT2D eigenvalue weighted by Crippen LogP contribution is -2.43. The number of carbonyl (C=O) groups excluding carboxylic acids is 2. The van der Waals surface area contributed by atoms with Crippen LogP contribution in [0.25, 0.3) is 0 Å². The molecule has 1 heterocycles. The summed E-state index contributed by atoms with van der Waals surface area (Å²) in [5, 5.41) is 9.49. The van der Waals surface area contributed by atoms with Crippen LogP contribution >= 0.6 is 0 Å². The maximum Gasteiger partial charge on any atom is 0.414 e. The Bertz CT molecular complexity index is 886. The smallest absolute Gasteiger partial charge is 0.414 e. The minimum atomic E-state index is -1.25. The van der Waals surface area contributed by atoms with Crippen molar-refractivity contribution >= 4 is 18.0 Å². The molecule has 1 aromatic rings. The second-order valence-corrected chi connectivity index (χ2v) is 6.06. The molecule has 2 rings (SSSR count). The van der Waals surface area contributed by atoms with Crippen molar-refractivity contribution in [2.45, 2.75) is 26.8 Å². The largest absolute Gasteiger partial charge is 0.493 e. The Hall–Kier alpha value is -3.49. The molecule has 9 heteroatoms. The van der Waals surface area contributed by atoms with Crippen molar-refractivity contribution in [2.24, 2.45) is 0 Å². The van der Waals surface area contributed by atoms with E-state index in [4.69, 9.17) is 18.9 Å². The normalized spacial score (nSPS) is 16.1. The van der Waals surface area contributed by atoms with Gasteiger partial charge in [-0.15, -0.1) is 0 Å². The van der Waals surface area contributed by atoms with Crippen molar-refractivity contribution in [3.05, 3.63) is 41.1 Å². The Morgan fingerprint density at radius 2 is 1.79 bits per heavy atom. The number of hydrogen-bond acceptors (Lipinski definition) is 7. The van der Waals surface area contributed by atoms with Crippen LogP contribution in [0.5, 0.6) is 17.2 Å². The average molecular weight is 405 g/mol. The number of esters is 1. The molecular weight excluding hydrogens is 382 g/mol. The number of rotatable bonds is 6. The van der Waals surface area contributed by atoms with Crippen LogP contribution in [-0.4, -0.2) is 54.9 Å². The number of amides is 1. The van der Waals surface area contributed by atoms with Crippen molar-refractivity contribution < 1.29 is 38.4 Å². The first kappa shape index (κ1) is 21.8. The first-order valence-corrected chi connectivity index (χ1v) is 8.81. The van der Waals surface area contributed by atoms with Crippen molar-refractivity contribution in [3.8, 4) is 17.2 Å². The van der Waals surface area contributed by atoms with Crippen LogP contribution in [0.15, 0.2) is 41.1 Å². The summed E-state index contributed by atoms with van der Waals surface area (Å²) in [7, 11) is 2.92. The number of allylic oxidation sites excluding steroid dienone is 1. The fourth-order valence-corrected chi connectivity index (χ4v) is 2.92. The van der Waals surface area contributed by atoms with E-state index in [1.54, 1.807) is 13.0 Å². The van der Waals surface area contributed by atoms with Gasteiger partial charge in [0.25, 0.3) is 0 Å². The molecule has 1 N–H and O–H groups in total. The SMILES string of the molecule is CCOC(=O)N1C(C)=C(C(=O)Oc2ccc(OC)c(OC)c2)C=C(C(=O)O)C1C. The van der Waals surface area contributed by atoms with Gasteiger partial charge in [0.2, 0.25) is 0 Å². The van der Waals surface area contributed by atoms with Crippen LogP contribution in [0, 0.1) is 0 Å². The molecular formula is C20H23NO8. The van der Waals surface area contributed by atoms with Crippen LogP contribution in [-0.2, 0) is 14.3 Å². The van der Waals surface area contributed by atoms with Gasteiger partial charge in [0.15, 0.2) is 11.5 Å². The van der Waals surface area contributed by atoms with Gasteiger partial charge in [-0.1, -0.05) is 0 Å². The first-order chi connectivity index (χ1) is 13.7. The second-order valence-electron chi connectivity index (χ2n) is 6.06. The summed E-state index contributed by atoms with van der Waals surface area (Å²) >= 11 is 0. The fourth-order valence-electron chi connectivity index (χ4n) is 2.92. The lowest BCUT2D eigenvalue weighted by Gasteiger charge is -2.33. The zero-order valence-electron chi connectivity index (χ0n) is 16.8. The summed E-state index contributed by atoms with van der Waals surface area (Å²) < 4.78 is 20.7. The van der Waals surface area contributed by atoms with Gasteiger partial charge in [0.1, 0.15) is 5.75 Å². The second kappa shape index (κ2) is 9.13. The summed E-state index contributed by atoms with van der Waals surface area (Å²) in [6.45, 7) is 4.79. The van der Waals surface area contributed by atoms with E-state index in [-0.39, 0.29) is 29.2 Å². The number of hydrogen-bond donors (Lipinski definition) is 1. The van der Waals surface area contributed by atoms with Crippen LogP contribution in [0.1, 0.15) is 20.8 Å². The van der Waals surface area contributed by atoms with Crippen molar-refractivity contribution in [1.82, 2.24) is 4.90 Å². The molecule has 1 atom stereocenters. The highest BCUT2D eigenvalue weighted by molar-refractivity contribution is 6.00. The Balaban J connectivity index is 2.42. The zero-order chi connectivity index (χ0) is 21.7. The standard InChI is InChI=1S/C20H23NO8/c1-6-28-20(25)21-11(2)14(18(22)23)10-15(12(21)3)19(24)29-13-7-8-16(26-4)17(9-13)27-5/h7-11H,6H2,1-5H3,(H,22,23). The molecule has 1 amide bonds. The van der Waals surface area contributed by atoms with Gasteiger partial charge in [-0.05, 0) is 39.0 Å². The molecule has 0 saturated carbocycles. The molecule has 0 bridgehead atoms. The van der Waals surface area contributed by atoms with E-state index in [0.29, 0.717) is 11.5 Å². The number of nitrogens with zero attached hydrogens (tertiary/aromatic N) is 1. The van der Waals surface area contributed by atoms with E-state index in [0.717, 1.165) is 4.90 Å². The molecule has 0 saturated heterocycles. The highest BCUT2D eigenvalue weighted by Crippen LogP contribution is 2.32. The number of carboxylic acid groups (broad SMARTS) is 1. The number of carbonyl (C=O) groups is 3. The van der Waals surface area contributed by atoms with E-state index < -0.39 is 24.1 Å². The maximum atomic E-state index is 12.8. The van der Waals surface area contributed by atoms with Gasteiger partial charge in [0, 0.05) is 11.8 Å². The Labute approximate surface area is 168 Å². The van der Waals surface area contributed by atoms with Gasteiger partial charge in [0.05, 0.1) is 38.0 Å². The third kappa shape index (κ3) is 4.50. The van der Waals surface area contributed by atoms with E-state index in [2.05, 4.69) is 0 Å². The predicted octanol–water partition coefficient (Wildman–Crippen LogP) is 2.75. The van der Waals surface area contributed by atoms with Gasteiger partial charge >= 0.3 is 18.0 Å². The van der Waals surface area contributed by atoms with Gasteiger partial charge in [-0.2, -0.15) is 0 Å². The van der Waals surface area contributed by atoms with Crippen LogP contribution in [0.4, 0.5) is 4.79 Å². The van der Waals surface area contributed by atoms with Crippen molar-refractivity contribution in [3.63, 3.8) is 0 Å². The van der Waals surface area contributed by atoms with E-state index in [1.807, 2.05) is 0 Å². The fraction of sp³-hybridized carbons (Fsp3) is 0.350. The minimum Gasteiger partial charge on any atom is -0.493 e. The monoisotopic (exact) mass is 405 g/mol. The maximum absolute atomic E-state index is 12.8. The van der Waals surface area contributed by atoms with Gasteiger partial charge in [-0.25, -0.2) is 14.4 Å². The molecule has 156 valence electrons. The highest BCUT2D eigenvalue weighted by Gasteiger charge is 2.36. The van der Waals surface area contributed by atoms with E-state index >= 15 is 0 Å². The van der Waals surface area contributed by atoms with Crippen LogP contribution < -0.4 is 14.2 Å². The topological polar surface area (TPSA) is 112 Å². The Morgan fingerprint density at radius 3 is 2.34 bits per heavy atom. The lowest BCUT2D eigenvalue weighted by atomic mass is 9.97. The summed E-state index contributed by atoms with van der Waals surface area (Å²) in [6, 6.07) is 3.72. The van der Waals surface area contributed by atoms with Gasteiger partial charge < -0.3 is 24.1 Å². The molecule has 0 radical (unpaired) electrons. The molecule has 1 aliphatic rings. The summed E-state index contributed by atoms with van der Waals surface area (Å²) in [4.78, 5) is 37.8. The van der Waals surface area contributed by atoms with Crippen molar-refractivity contribution in [1.29, 1.82) is 0 Å². The summed E-state index contributed by atoms with van der Waals surface area (Å²) in [5.74, 6) is -1.10. The average Bonchev–Trinajstić information content (AvgIpc) is 2.67. The lowest BCUT2D eigenvalue weighted by molar-refractivity contribution is -0.133. The Kier molecular flexibility index (Phi) is 6.87. The number of benzene rings is 1. The molecule has 0 aromatic heterocycles. The van der Waals surface area contributed by atoms with Crippen LogP contribution in [0.2, 0.25) is 0 Å². The highest BCUT2D eigenvalue weighted by atomic mass is 16.6. The third-order valence-corrected chi connectivity index (χ3v) is 4.39. The number of aliphatic carboxylic acids is 1. The zero-order valence-corrected chi connectivity index (χ0v) is 16.8. The molecule has 0 spiro atoms. The number of methoxy groups -OCH3 is 2.